The van der Waals surface area contributed by atoms with Gasteiger partial charge in [0.15, 0.2) is 11.9 Å². The van der Waals surface area contributed by atoms with Gasteiger partial charge >= 0.3 is 5.69 Å². The van der Waals surface area contributed by atoms with Crippen molar-refractivity contribution in [3.05, 3.63) is 58.1 Å². The first-order valence-electron chi connectivity index (χ1n) is 7.86. The Labute approximate surface area is 145 Å². The number of rotatable bonds is 7. The number of carbonyl (C=O) groups excluding carboxylic acids is 1. The van der Waals surface area contributed by atoms with Gasteiger partial charge in [-0.15, -0.1) is 0 Å². The van der Waals surface area contributed by atoms with Crippen molar-refractivity contribution >= 4 is 17.3 Å². The van der Waals surface area contributed by atoms with Gasteiger partial charge < -0.3 is 14.8 Å². The minimum atomic E-state index is -0.895. The summed E-state index contributed by atoms with van der Waals surface area (Å²) in [6.07, 6.45) is -0.895. The summed E-state index contributed by atoms with van der Waals surface area (Å²) in [5.41, 5.74) is 1.16. The van der Waals surface area contributed by atoms with Gasteiger partial charge in [-0.3, -0.25) is 14.9 Å². The van der Waals surface area contributed by atoms with Gasteiger partial charge in [-0.2, -0.15) is 0 Å². The lowest BCUT2D eigenvalue weighted by Gasteiger charge is -2.15. The Morgan fingerprint density at radius 3 is 2.52 bits per heavy atom. The third kappa shape index (κ3) is 4.94. The largest absolute Gasteiger partial charge is 0.494 e. The molecule has 0 fully saturated rings. The van der Waals surface area contributed by atoms with Crippen LogP contribution >= 0.6 is 0 Å². The number of nitrogens with one attached hydrogen (secondary N) is 1. The molecule has 0 aliphatic rings. The normalized spacial score (nSPS) is 11.5. The van der Waals surface area contributed by atoms with E-state index >= 15 is 0 Å². The topological polar surface area (TPSA) is 90.7 Å². The van der Waals surface area contributed by atoms with Crippen molar-refractivity contribution in [3.63, 3.8) is 0 Å². The molecule has 1 N–H and O–H groups in total. The molecule has 0 aromatic heterocycles. The number of nitro benzene ring substituents is 1. The Morgan fingerprint density at radius 1 is 1.24 bits per heavy atom. The van der Waals surface area contributed by atoms with Gasteiger partial charge in [-0.05, 0) is 56.7 Å². The average molecular weight is 344 g/mol. The maximum atomic E-state index is 12.2. The predicted octanol–water partition coefficient (Wildman–Crippen LogP) is 3.71. The quantitative estimate of drug-likeness (QED) is 0.611. The first kappa shape index (κ1) is 18.3. The van der Waals surface area contributed by atoms with Crippen molar-refractivity contribution in [3.8, 4) is 11.5 Å². The molecule has 7 nitrogen and oxygen atoms in total. The summed E-state index contributed by atoms with van der Waals surface area (Å²) >= 11 is 0. The Hall–Kier alpha value is -3.09. The molecule has 1 unspecified atom stereocenters. The van der Waals surface area contributed by atoms with Crippen LogP contribution in [0.3, 0.4) is 0 Å². The monoisotopic (exact) mass is 344 g/mol. The molecule has 2 aromatic rings. The zero-order valence-corrected chi connectivity index (χ0v) is 14.3. The van der Waals surface area contributed by atoms with E-state index in [4.69, 9.17) is 9.47 Å². The first-order valence-corrected chi connectivity index (χ1v) is 7.86. The molecule has 25 heavy (non-hydrogen) atoms. The number of nitro groups is 1. The number of anilines is 1. The zero-order chi connectivity index (χ0) is 18.4. The van der Waals surface area contributed by atoms with Crippen molar-refractivity contribution in [1.82, 2.24) is 0 Å². The molecule has 2 aromatic carbocycles. The van der Waals surface area contributed by atoms with E-state index in [-0.39, 0.29) is 11.4 Å². The second-order valence-electron chi connectivity index (χ2n) is 5.44. The number of nitrogens with zero attached hydrogens (tertiary/aromatic N) is 1. The van der Waals surface area contributed by atoms with Crippen molar-refractivity contribution in [2.45, 2.75) is 26.9 Å². The van der Waals surface area contributed by atoms with Crippen LogP contribution in [-0.4, -0.2) is 23.5 Å². The Balaban J connectivity index is 2.04. The van der Waals surface area contributed by atoms with Gasteiger partial charge in [0.2, 0.25) is 0 Å². The molecule has 0 saturated heterocycles. The van der Waals surface area contributed by atoms with E-state index in [9.17, 15) is 14.9 Å². The smallest absolute Gasteiger partial charge is 0.311 e. The molecule has 0 spiro atoms. The highest BCUT2D eigenvalue weighted by Gasteiger charge is 2.21. The number of aryl methyl sites for hydroxylation is 1. The Kier molecular flexibility index (Phi) is 5.94. The average Bonchev–Trinajstić information content (AvgIpc) is 2.58. The summed E-state index contributed by atoms with van der Waals surface area (Å²) in [7, 11) is 0. The van der Waals surface area contributed by atoms with Crippen LogP contribution in [0.15, 0.2) is 42.5 Å². The van der Waals surface area contributed by atoms with Crippen molar-refractivity contribution < 1.29 is 19.2 Å². The minimum absolute atomic E-state index is 0.0601. The summed E-state index contributed by atoms with van der Waals surface area (Å²) in [4.78, 5) is 22.8. The molecule has 0 saturated carbocycles. The summed E-state index contributed by atoms with van der Waals surface area (Å²) in [6, 6.07) is 11.5. The molecule has 0 radical (unpaired) electrons. The fraction of sp³-hybridized carbons (Fsp3) is 0.278. The number of amides is 1. The number of ether oxygens (including phenoxy) is 2. The summed E-state index contributed by atoms with van der Waals surface area (Å²) in [5, 5.41) is 13.8. The van der Waals surface area contributed by atoms with Crippen LogP contribution in [0.25, 0.3) is 0 Å². The van der Waals surface area contributed by atoms with E-state index in [0.717, 1.165) is 5.56 Å². The number of hydrogen-bond acceptors (Lipinski definition) is 5. The number of carbonyl (C=O) groups is 1. The SMILES string of the molecule is CCOc1ccc(NC(=O)C(C)Oc2ccc(C)cc2[N+](=O)[O-])cc1. The van der Waals surface area contributed by atoms with E-state index in [1.54, 1.807) is 37.3 Å². The summed E-state index contributed by atoms with van der Waals surface area (Å²) in [6.45, 7) is 5.73. The fourth-order valence-electron chi connectivity index (χ4n) is 2.16. The highest BCUT2D eigenvalue weighted by molar-refractivity contribution is 5.94. The number of benzene rings is 2. The lowest BCUT2D eigenvalue weighted by Crippen LogP contribution is -2.30. The molecule has 2 rings (SSSR count). The molecule has 0 aliphatic heterocycles. The summed E-state index contributed by atoms with van der Waals surface area (Å²) < 4.78 is 10.8. The van der Waals surface area contributed by atoms with Crippen LogP contribution < -0.4 is 14.8 Å². The molecule has 0 aliphatic carbocycles. The van der Waals surface area contributed by atoms with Gasteiger partial charge in [-0.1, -0.05) is 6.07 Å². The highest BCUT2D eigenvalue weighted by Crippen LogP contribution is 2.28. The Bertz CT molecular complexity index is 759. The van der Waals surface area contributed by atoms with E-state index < -0.39 is 16.9 Å². The van der Waals surface area contributed by atoms with Gasteiger partial charge in [-0.25, -0.2) is 0 Å². The fourth-order valence-corrected chi connectivity index (χ4v) is 2.16. The van der Waals surface area contributed by atoms with Crippen LogP contribution in [0.5, 0.6) is 11.5 Å². The molecule has 7 heteroatoms. The molecule has 0 heterocycles. The van der Waals surface area contributed by atoms with Crippen LogP contribution in [-0.2, 0) is 4.79 Å². The highest BCUT2D eigenvalue weighted by atomic mass is 16.6. The molecule has 1 amide bonds. The summed E-state index contributed by atoms with van der Waals surface area (Å²) in [5.74, 6) is 0.365. The molecular weight excluding hydrogens is 324 g/mol. The van der Waals surface area contributed by atoms with Crippen LogP contribution in [0.2, 0.25) is 0 Å². The lowest BCUT2D eigenvalue weighted by molar-refractivity contribution is -0.386. The van der Waals surface area contributed by atoms with E-state index in [0.29, 0.717) is 18.0 Å². The molecule has 132 valence electrons. The Morgan fingerprint density at radius 2 is 1.92 bits per heavy atom. The van der Waals surface area contributed by atoms with Crippen molar-refractivity contribution in [1.29, 1.82) is 0 Å². The van der Waals surface area contributed by atoms with Crippen LogP contribution in [0.4, 0.5) is 11.4 Å². The maximum Gasteiger partial charge on any atom is 0.311 e. The third-order valence-electron chi connectivity index (χ3n) is 3.42. The number of hydrogen-bond donors (Lipinski definition) is 1. The van der Waals surface area contributed by atoms with Crippen LogP contribution in [0, 0.1) is 17.0 Å². The van der Waals surface area contributed by atoms with Gasteiger partial charge in [0.1, 0.15) is 5.75 Å². The minimum Gasteiger partial charge on any atom is -0.494 e. The third-order valence-corrected chi connectivity index (χ3v) is 3.42. The van der Waals surface area contributed by atoms with Crippen molar-refractivity contribution in [2.75, 3.05) is 11.9 Å². The van der Waals surface area contributed by atoms with Gasteiger partial charge in [0.25, 0.3) is 5.91 Å². The second kappa shape index (κ2) is 8.14. The lowest BCUT2D eigenvalue weighted by atomic mass is 10.2. The second-order valence-corrected chi connectivity index (χ2v) is 5.44. The standard InChI is InChI=1S/C18H20N2O5/c1-4-24-15-8-6-14(7-9-15)19-18(21)13(3)25-17-10-5-12(2)11-16(17)20(22)23/h5-11,13H,4H2,1-3H3,(H,19,21). The van der Waals surface area contributed by atoms with Gasteiger partial charge in [0, 0.05) is 11.8 Å². The van der Waals surface area contributed by atoms with E-state index in [1.165, 1.54) is 19.1 Å². The first-order chi connectivity index (χ1) is 11.9. The maximum absolute atomic E-state index is 12.2. The van der Waals surface area contributed by atoms with E-state index in [2.05, 4.69) is 5.32 Å². The molecular formula is C18H20N2O5. The van der Waals surface area contributed by atoms with E-state index in [1.807, 2.05) is 6.92 Å². The molecule has 1 atom stereocenters. The zero-order valence-electron chi connectivity index (χ0n) is 14.3. The van der Waals surface area contributed by atoms with Crippen molar-refractivity contribution in [2.24, 2.45) is 0 Å². The van der Waals surface area contributed by atoms with Crippen LogP contribution in [0.1, 0.15) is 19.4 Å². The van der Waals surface area contributed by atoms with Gasteiger partial charge in [0.05, 0.1) is 11.5 Å². The molecule has 0 bridgehead atoms. The predicted molar refractivity (Wildman–Crippen MR) is 94.2 cm³/mol.